The molecule has 206 valence electrons. The van der Waals surface area contributed by atoms with Crippen LogP contribution < -0.4 is 10.2 Å². The van der Waals surface area contributed by atoms with Crippen LogP contribution >= 0.6 is 11.6 Å². The summed E-state index contributed by atoms with van der Waals surface area (Å²) in [5.41, 5.74) is 1.27. The highest BCUT2D eigenvalue weighted by molar-refractivity contribution is 7.89. The average Bonchev–Trinajstić information content (AvgIpc) is 2.83. The maximum Gasteiger partial charge on any atom is 0.258 e. The van der Waals surface area contributed by atoms with Crippen LogP contribution in [-0.4, -0.2) is 94.5 Å². The largest absolute Gasteiger partial charge is 0.451 e. The zero-order valence-electron chi connectivity index (χ0n) is 20.2. The fraction of sp³-hybridized carbons (Fsp3) is 0.381. The zero-order chi connectivity index (χ0) is 28.0. The van der Waals surface area contributed by atoms with Gasteiger partial charge in [-0.2, -0.15) is 4.31 Å². The van der Waals surface area contributed by atoms with Crippen molar-refractivity contribution in [2.45, 2.75) is 4.90 Å². The topological polar surface area (TPSA) is 137 Å². The van der Waals surface area contributed by atoms with Gasteiger partial charge in [-0.05, 0) is 50.5 Å². The van der Waals surface area contributed by atoms with Crippen molar-refractivity contribution < 1.29 is 40.4 Å². The Kier molecular flexibility index (Phi) is 10.8. The quantitative estimate of drug-likeness (QED) is 0.268. The second-order valence-corrected chi connectivity index (χ2v) is 12.7. The van der Waals surface area contributed by atoms with E-state index in [4.69, 9.17) is 21.5 Å². The number of rotatable bonds is 13. The van der Waals surface area contributed by atoms with Gasteiger partial charge in [0.25, 0.3) is 5.91 Å². The second kappa shape index (κ2) is 12.9. The van der Waals surface area contributed by atoms with E-state index in [1.807, 2.05) is 0 Å². The summed E-state index contributed by atoms with van der Waals surface area (Å²) >= 11 is 5.77. The molecule has 0 saturated carbocycles. The number of nitrogens with one attached hydrogen (secondary N) is 1. The van der Waals surface area contributed by atoms with Crippen molar-refractivity contribution in [2.75, 3.05) is 53.1 Å². The molecule has 2 N–H and O–H groups in total. The van der Waals surface area contributed by atoms with E-state index in [9.17, 15) is 30.4 Å². The van der Waals surface area contributed by atoms with E-state index in [1.54, 1.807) is 19.0 Å². The third kappa shape index (κ3) is 8.56. The first-order valence-electron chi connectivity index (χ1n) is 10.6. The highest BCUT2D eigenvalue weighted by Crippen LogP contribution is 2.31. The number of hydrogen-bond donors (Lipinski definition) is 2. The molecule has 0 aliphatic carbocycles. The van der Waals surface area contributed by atoms with E-state index in [0.717, 1.165) is 4.31 Å². The van der Waals surface area contributed by atoms with Crippen LogP contribution in [0, 0.1) is 11.6 Å². The van der Waals surface area contributed by atoms with E-state index in [-0.39, 0.29) is 24.6 Å². The molecule has 0 radical (unpaired) electrons. The van der Waals surface area contributed by atoms with Crippen molar-refractivity contribution in [1.29, 1.82) is 0 Å². The zero-order valence-corrected chi connectivity index (χ0v) is 22.6. The van der Waals surface area contributed by atoms with E-state index >= 15 is 0 Å². The minimum Gasteiger partial charge on any atom is -0.451 e. The summed E-state index contributed by atoms with van der Waals surface area (Å²) in [6.45, 7) is -1.67. The van der Waals surface area contributed by atoms with Gasteiger partial charge >= 0.3 is 0 Å². The number of likely N-dealkylation sites (N-methyl/N-ethyl adjacent to an activating group) is 1. The van der Waals surface area contributed by atoms with Crippen molar-refractivity contribution in [3.63, 3.8) is 0 Å². The molecule has 16 heteroatoms. The molecule has 0 spiro atoms. The fourth-order valence-electron chi connectivity index (χ4n) is 2.88. The van der Waals surface area contributed by atoms with Crippen LogP contribution in [0.1, 0.15) is 0 Å². The van der Waals surface area contributed by atoms with E-state index in [2.05, 4.69) is 0 Å². The van der Waals surface area contributed by atoms with Crippen LogP contribution in [0.15, 0.2) is 41.3 Å². The molecule has 0 atom stereocenters. The fourth-order valence-corrected chi connectivity index (χ4v) is 5.68. The molecule has 37 heavy (non-hydrogen) atoms. The van der Waals surface area contributed by atoms with Gasteiger partial charge in [-0.1, -0.05) is 11.6 Å². The Labute approximate surface area is 219 Å². The molecule has 2 aromatic carbocycles. The lowest BCUT2D eigenvalue weighted by Crippen LogP contribution is -2.44. The van der Waals surface area contributed by atoms with Crippen molar-refractivity contribution in [3.8, 4) is 11.5 Å². The van der Waals surface area contributed by atoms with E-state index < -0.39 is 61.3 Å². The molecule has 0 bridgehead atoms. The molecule has 1 amide bonds. The summed E-state index contributed by atoms with van der Waals surface area (Å²) in [6, 6.07) is 6.56. The number of ether oxygens (including phenoxy) is 1. The number of amides is 1. The Morgan fingerprint density at radius 1 is 1.00 bits per heavy atom. The molecule has 0 aliphatic rings. The number of halogens is 3. The third-order valence-corrected chi connectivity index (χ3v) is 8.93. The first-order valence-corrected chi connectivity index (χ1v) is 14.0. The SMILES string of the molecule is CN(C)CCS(=O)(=O)N(C)CCN(CC(=O)NO)S(=O)(=O)c1cc(F)c(Oc2ccc(Cl)cc2)c(F)c1. The molecular weight excluding hydrogens is 558 g/mol. The van der Waals surface area contributed by atoms with Crippen molar-refractivity contribution in [3.05, 3.63) is 53.1 Å². The van der Waals surface area contributed by atoms with Crippen LogP contribution in [0.5, 0.6) is 11.5 Å². The van der Waals surface area contributed by atoms with Gasteiger partial charge in [0, 0.05) is 31.7 Å². The maximum atomic E-state index is 14.7. The molecule has 0 aliphatic heterocycles. The van der Waals surface area contributed by atoms with Crippen molar-refractivity contribution >= 4 is 37.6 Å². The van der Waals surface area contributed by atoms with Gasteiger partial charge in [0.05, 0.1) is 17.2 Å². The Morgan fingerprint density at radius 2 is 1.57 bits per heavy atom. The number of hydrogen-bond acceptors (Lipinski definition) is 8. The van der Waals surface area contributed by atoms with Gasteiger partial charge in [0.15, 0.2) is 17.4 Å². The Hall–Kier alpha value is -2.40. The van der Waals surface area contributed by atoms with Gasteiger partial charge in [-0.25, -0.2) is 35.4 Å². The predicted octanol–water partition coefficient (Wildman–Crippen LogP) is 1.73. The molecule has 0 aromatic heterocycles. The Balaban J connectivity index is 2.32. The third-order valence-electron chi connectivity index (χ3n) is 5.02. The van der Waals surface area contributed by atoms with Gasteiger partial charge in [0.1, 0.15) is 5.75 Å². The molecule has 2 aromatic rings. The summed E-state index contributed by atoms with van der Waals surface area (Å²) in [7, 11) is -3.92. The number of sulfonamides is 2. The molecule has 11 nitrogen and oxygen atoms in total. The highest BCUT2D eigenvalue weighted by Gasteiger charge is 2.30. The number of carbonyl (C=O) groups is 1. The molecular formula is C21H27ClF2N4O7S2. The predicted molar refractivity (Wildman–Crippen MR) is 132 cm³/mol. The molecule has 0 unspecified atom stereocenters. The average molecular weight is 585 g/mol. The lowest BCUT2D eigenvalue weighted by atomic mass is 10.3. The molecule has 0 heterocycles. The molecule has 2 rings (SSSR count). The number of hydroxylamine groups is 1. The van der Waals surface area contributed by atoms with Crippen LogP contribution in [0.25, 0.3) is 0 Å². The summed E-state index contributed by atoms with van der Waals surface area (Å²) < 4.78 is 87.2. The molecule has 0 fully saturated rings. The first kappa shape index (κ1) is 30.8. The van der Waals surface area contributed by atoms with E-state index in [1.165, 1.54) is 36.8 Å². The smallest absolute Gasteiger partial charge is 0.258 e. The van der Waals surface area contributed by atoms with Gasteiger partial charge in [-0.15, -0.1) is 0 Å². The maximum absolute atomic E-state index is 14.7. The monoisotopic (exact) mass is 584 g/mol. The normalized spacial score (nSPS) is 12.4. The summed E-state index contributed by atoms with van der Waals surface area (Å²) in [5.74, 6) is -4.91. The summed E-state index contributed by atoms with van der Waals surface area (Å²) in [4.78, 5) is 12.6. The number of benzene rings is 2. The van der Waals surface area contributed by atoms with Crippen LogP contribution in [0.4, 0.5) is 8.78 Å². The second-order valence-electron chi connectivity index (χ2n) is 8.09. The standard InChI is InChI=1S/C21H27ClF2N4O7S2/c1-26(2)10-11-36(31,32)27(3)8-9-28(14-20(29)25-30)37(33,34)17-12-18(23)21(19(24)13-17)35-16-6-4-15(22)5-7-16/h4-7,12-13,30H,8-11,14H2,1-3H3,(H,25,29). The lowest BCUT2D eigenvalue weighted by molar-refractivity contribution is -0.129. The van der Waals surface area contributed by atoms with Crippen LogP contribution in [0.2, 0.25) is 5.02 Å². The van der Waals surface area contributed by atoms with Crippen LogP contribution in [-0.2, 0) is 24.8 Å². The van der Waals surface area contributed by atoms with Crippen molar-refractivity contribution in [2.24, 2.45) is 0 Å². The van der Waals surface area contributed by atoms with E-state index in [0.29, 0.717) is 21.5 Å². The first-order chi connectivity index (χ1) is 17.2. The number of nitrogens with zero attached hydrogens (tertiary/aromatic N) is 3. The number of carbonyl (C=O) groups excluding carboxylic acids is 1. The highest BCUT2D eigenvalue weighted by atomic mass is 35.5. The Bertz CT molecular complexity index is 1290. The minimum atomic E-state index is -4.73. The summed E-state index contributed by atoms with van der Waals surface area (Å²) in [5, 5.41) is 9.21. The van der Waals surface area contributed by atoms with Gasteiger partial charge in [-0.3, -0.25) is 10.0 Å². The van der Waals surface area contributed by atoms with Gasteiger partial charge < -0.3 is 9.64 Å². The lowest BCUT2D eigenvalue weighted by Gasteiger charge is -2.25. The van der Waals surface area contributed by atoms with Crippen molar-refractivity contribution in [1.82, 2.24) is 19.0 Å². The summed E-state index contributed by atoms with van der Waals surface area (Å²) in [6.07, 6.45) is 0. The van der Waals surface area contributed by atoms with Crippen LogP contribution in [0.3, 0.4) is 0 Å². The Morgan fingerprint density at radius 3 is 2.08 bits per heavy atom. The molecule has 0 saturated heterocycles. The van der Waals surface area contributed by atoms with Gasteiger partial charge in [0.2, 0.25) is 20.0 Å². The minimum absolute atomic E-state index is 0.0394.